The van der Waals surface area contributed by atoms with E-state index in [1.807, 2.05) is 30.3 Å². The predicted octanol–water partition coefficient (Wildman–Crippen LogP) is 2.91. The smallest absolute Gasteiger partial charge is 0.156 e. The summed E-state index contributed by atoms with van der Waals surface area (Å²) in [6.07, 6.45) is 4.28. The van der Waals surface area contributed by atoms with Crippen LogP contribution >= 0.6 is 0 Å². The Labute approximate surface area is 140 Å². The van der Waals surface area contributed by atoms with E-state index in [-0.39, 0.29) is 17.6 Å². The van der Waals surface area contributed by atoms with E-state index in [1.54, 1.807) is 6.08 Å². The molecular formula is C18H22N2O4. The second kappa shape index (κ2) is 6.98. The summed E-state index contributed by atoms with van der Waals surface area (Å²) in [5.74, 6) is 3.42. The molecule has 1 atom stereocenters. The SMILES string of the molecule is COC1=CC(C(c2ccc(CN)o2)c2ccc(CN)o2)CC=C1O. The molecule has 1 unspecified atom stereocenters. The van der Waals surface area contributed by atoms with Gasteiger partial charge >= 0.3 is 0 Å². The molecule has 2 aromatic rings. The Kier molecular flexibility index (Phi) is 4.78. The summed E-state index contributed by atoms with van der Waals surface area (Å²) in [4.78, 5) is 0. The first-order valence-corrected chi connectivity index (χ1v) is 7.89. The third-order valence-corrected chi connectivity index (χ3v) is 4.23. The molecule has 128 valence electrons. The van der Waals surface area contributed by atoms with Gasteiger partial charge < -0.3 is 30.1 Å². The van der Waals surface area contributed by atoms with Crippen LogP contribution in [0.5, 0.6) is 0 Å². The first-order chi connectivity index (χ1) is 11.7. The number of rotatable bonds is 6. The zero-order valence-electron chi connectivity index (χ0n) is 13.6. The fourth-order valence-corrected chi connectivity index (χ4v) is 3.01. The van der Waals surface area contributed by atoms with Crippen LogP contribution in [0.3, 0.4) is 0 Å². The van der Waals surface area contributed by atoms with Gasteiger partial charge in [-0.25, -0.2) is 0 Å². The van der Waals surface area contributed by atoms with Crippen LogP contribution in [0.2, 0.25) is 0 Å². The molecule has 24 heavy (non-hydrogen) atoms. The minimum Gasteiger partial charge on any atom is -0.504 e. The number of methoxy groups -OCH3 is 1. The van der Waals surface area contributed by atoms with Gasteiger partial charge in [0.15, 0.2) is 11.5 Å². The van der Waals surface area contributed by atoms with Gasteiger partial charge in [0.05, 0.1) is 26.1 Å². The van der Waals surface area contributed by atoms with Gasteiger partial charge in [-0.2, -0.15) is 0 Å². The summed E-state index contributed by atoms with van der Waals surface area (Å²) in [5, 5.41) is 9.88. The highest BCUT2D eigenvalue weighted by molar-refractivity contribution is 5.31. The van der Waals surface area contributed by atoms with E-state index in [1.165, 1.54) is 7.11 Å². The number of allylic oxidation sites excluding steroid dienone is 2. The van der Waals surface area contributed by atoms with Crippen molar-refractivity contribution in [3.63, 3.8) is 0 Å². The third-order valence-electron chi connectivity index (χ3n) is 4.23. The lowest BCUT2D eigenvalue weighted by Gasteiger charge is -2.24. The van der Waals surface area contributed by atoms with Crippen molar-refractivity contribution in [1.82, 2.24) is 0 Å². The van der Waals surface area contributed by atoms with Gasteiger partial charge in [0.1, 0.15) is 23.0 Å². The van der Waals surface area contributed by atoms with E-state index in [2.05, 4.69) is 0 Å². The van der Waals surface area contributed by atoms with Crippen LogP contribution in [0.1, 0.15) is 35.4 Å². The highest BCUT2D eigenvalue weighted by atomic mass is 16.5. The molecule has 0 spiro atoms. The van der Waals surface area contributed by atoms with E-state index in [0.29, 0.717) is 36.8 Å². The second-order valence-electron chi connectivity index (χ2n) is 5.72. The lowest BCUT2D eigenvalue weighted by molar-refractivity contribution is 0.242. The number of nitrogens with two attached hydrogens (primary N) is 2. The molecule has 5 N–H and O–H groups in total. The number of furan rings is 2. The molecule has 0 radical (unpaired) electrons. The summed E-state index contributed by atoms with van der Waals surface area (Å²) in [6.45, 7) is 0.673. The monoisotopic (exact) mass is 330 g/mol. The molecule has 1 aliphatic rings. The molecule has 2 aromatic heterocycles. The lowest BCUT2D eigenvalue weighted by Crippen LogP contribution is -2.15. The molecule has 6 heteroatoms. The number of ether oxygens (including phenoxy) is 1. The molecule has 0 saturated heterocycles. The van der Waals surface area contributed by atoms with Crippen molar-refractivity contribution >= 4 is 0 Å². The number of aliphatic hydroxyl groups is 1. The van der Waals surface area contributed by atoms with Crippen molar-refractivity contribution in [1.29, 1.82) is 0 Å². The molecule has 0 bridgehead atoms. The molecule has 0 aromatic carbocycles. The Morgan fingerprint density at radius 3 is 2.17 bits per heavy atom. The number of hydrogen-bond acceptors (Lipinski definition) is 6. The minimum absolute atomic E-state index is 0.0180. The molecule has 0 saturated carbocycles. The van der Waals surface area contributed by atoms with Gasteiger partial charge in [0.25, 0.3) is 0 Å². The van der Waals surface area contributed by atoms with Crippen LogP contribution in [0, 0.1) is 5.92 Å². The van der Waals surface area contributed by atoms with E-state index < -0.39 is 0 Å². The second-order valence-corrected chi connectivity index (χ2v) is 5.72. The van der Waals surface area contributed by atoms with Gasteiger partial charge in [-0.05, 0) is 42.8 Å². The van der Waals surface area contributed by atoms with Crippen LogP contribution in [0.25, 0.3) is 0 Å². The fourth-order valence-electron chi connectivity index (χ4n) is 3.01. The zero-order chi connectivity index (χ0) is 17.1. The molecule has 0 amide bonds. The van der Waals surface area contributed by atoms with Gasteiger partial charge in [-0.1, -0.05) is 0 Å². The Hall–Kier alpha value is -2.44. The van der Waals surface area contributed by atoms with Crippen molar-refractivity contribution in [2.24, 2.45) is 17.4 Å². The molecular weight excluding hydrogens is 308 g/mol. The Morgan fingerprint density at radius 2 is 1.71 bits per heavy atom. The topological polar surface area (TPSA) is 108 Å². The Balaban J connectivity index is 2.00. The quantitative estimate of drug-likeness (QED) is 0.751. The summed E-state index contributed by atoms with van der Waals surface area (Å²) in [5.41, 5.74) is 11.3. The van der Waals surface area contributed by atoms with Crippen LogP contribution in [0.15, 0.2) is 56.8 Å². The highest BCUT2D eigenvalue weighted by Crippen LogP contribution is 2.40. The van der Waals surface area contributed by atoms with E-state index in [4.69, 9.17) is 25.0 Å². The molecule has 0 aliphatic heterocycles. The van der Waals surface area contributed by atoms with Crippen molar-refractivity contribution in [3.8, 4) is 0 Å². The van der Waals surface area contributed by atoms with Gasteiger partial charge in [0.2, 0.25) is 0 Å². The van der Waals surface area contributed by atoms with E-state index in [0.717, 1.165) is 11.5 Å². The summed E-state index contributed by atoms with van der Waals surface area (Å²) in [7, 11) is 1.53. The van der Waals surface area contributed by atoms with Gasteiger partial charge in [-0.3, -0.25) is 0 Å². The van der Waals surface area contributed by atoms with Crippen molar-refractivity contribution < 1.29 is 18.7 Å². The summed E-state index contributed by atoms with van der Waals surface area (Å²) >= 11 is 0. The lowest BCUT2D eigenvalue weighted by atomic mass is 9.83. The van der Waals surface area contributed by atoms with E-state index in [9.17, 15) is 5.11 Å². The third kappa shape index (κ3) is 3.11. The molecule has 1 aliphatic carbocycles. The molecule has 6 nitrogen and oxygen atoms in total. The Bertz CT molecular complexity index is 714. The largest absolute Gasteiger partial charge is 0.504 e. The average Bonchev–Trinajstić information content (AvgIpc) is 3.26. The molecule has 2 heterocycles. The van der Waals surface area contributed by atoms with Gasteiger partial charge in [-0.15, -0.1) is 0 Å². The highest BCUT2D eigenvalue weighted by Gasteiger charge is 2.31. The predicted molar refractivity (Wildman–Crippen MR) is 89.0 cm³/mol. The van der Waals surface area contributed by atoms with E-state index >= 15 is 0 Å². The standard InChI is InChI=1S/C18H22N2O4/c1-22-17-8-11(2-5-14(17)21)18(15-6-3-12(9-19)23-15)16-7-4-13(10-20)24-16/h3-8,11,18,21H,2,9-10,19-20H2,1H3. The number of aliphatic hydroxyl groups excluding tert-OH is 1. The maximum Gasteiger partial charge on any atom is 0.156 e. The number of hydrogen-bond donors (Lipinski definition) is 3. The Morgan fingerprint density at radius 1 is 1.12 bits per heavy atom. The zero-order valence-corrected chi connectivity index (χ0v) is 13.6. The van der Waals surface area contributed by atoms with Crippen LogP contribution in [-0.2, 0) is 17.8 Å². The molecule has 0 fully saturated rings. The summed E-state index contributed by atoms with van der Waals surface area (Å²) in [6, 6.07) is 7.56. The maximum absolute atomic E-state index is 9.88. The van der Waals surface area contributed by atoms with Crippen LogP contribution in [0.4, 0.5) is 0 Å². The van der Waals surface area contributed by atoms with Crippen molar-refractivity contribution in [2.75, 3.05) is 7.11 Å². The van der Waals surface area contributed by atoms with Crippen molar-refractivity contribution in [3.05, 3.63) is 71.0 Å². The molecule has 3 rings (SSSR count). The average molecular weight is 330 g/mol. The fraction of sp³-hybridized carbons (Fsp3) is 0.333. The normalized spacial score (nSPS) is 17.8. The van der Waals surface area contributed by atoms with Crippen LogP contribution in [-0.4, -0.2) is 12.2 Å². The first kappa shape index (κ1) is 16.4. The van der Waals surface area contributed by atoms with Crippen LogP contribution < -0.4 is 11.5 Å². The van der Waals surface area contributed by atoms with Gasteiger partial charge in [0, 0.05) is 5.92 Å². The summed E-state index contributed by atoms with van der Waals surface area (Å²) < 4.78 is 17.0. The first-order valence-electron chi connectivity index (χ1n) is 7.89. The van der Waals surface area contributed by atoms with Crippen molar-refractivity contribution in [2.45, 2.75) is 25.4 Å². The maximum atomic E-state index is 9.88. The minimum atomic E-state index is -0.153.